The second kappa shape index (κ2) is 5.78. The number of nitrogens with zero attached hydrogens (tertiary/aromatic N) is 1. The summed E-state index contributed by atoms with van der Waals surface area (Å²) in [5.41, 5.74) is 5.33. The largest absolute Gasteiger partial charge is 0.388 e. The average molecular weight is 211 g/mol. The Morgan fingerprint density at radius 1 is 1.64 bits per heavy atom. The quantitative estimate of drug-likeness (QED) is 0.558. The van der Waals surface area contributed by atoms with Crippen molar-refractivity contribution in [2.24, 2.45) is 5.73 Å². The highest BCUT2D eigenvalue weighted by Gasteiger charge is 2.04. The van der Waals surface area contributed by atoms with E-state index in [2.05, 4.69) is 29.3 Å². The van der Waals surface area contributed by atoms with Crippen molar-refractivity contribution >= 4 is 17.2 Å². The number of hydrogen-bond acceptors (Lipinski definition) is 3. The summed E-state index contributed by atoms with van der Waals surface area (Å²) < 4.78 is 0. The molecule has 3 nitrogen and oxygen atoms in total. The molecule has 1 heterocycles. The van der Waals surface area contributed by atoms with Gasteiger partial charge in [-0.05, 0) is 18.0 Å². The summed E-state index contributed by atoms with van der Waals surface area (Å²) in [6.45, 7) is 4.99. The van der Waals surface area contributed by atoms with E-state index in [1.54, 1.807) is 11.3 Å². The number of thiophene rings is 1. The molecule has 14 heavy (non-hydrogen) atoms. The third-order valence-corrected chi connectivity index (χ3v) is 2.97. The van der Waals surface area contributed by atoms with Gasteiger partial charge in [-0.15, -0.1) is 11.3 Å². The predicted molar refractivity (Wildman–Crippen MR) is 61.8 cm³/mol. The number of nitrogens with two attached hydrogens (primary N) is 1. The lowest BCUT2D eigenvalue weighted by molar-refractivity contribution is 0.290. The fraction of sp³-hybridized carbons (Fsp3) is 0.500. The predicted octanol–water partition coefficient (Wildman–Crippen LogP) is 1.90. The van der Waals surface area contributed by atoms with Gasteiger partial charge in [0.15, 0.2) is 0 Å². The second-order valence-electron chi connectivity index (χ2n) is 3.22. The zero-order valence-electron chi connectivity index (χ0n) is 8.49. The van der Waals surface area contributed by atoms with Crippen LogP contribution in [0.2, 0.25) is 0 Å². The molecule has 0 radical (unpaired) electrons. The molecule has 4 heteroatoms. The van der Waals surface area contributed by atoms with Gasteiger partial charge < -0.3 is 5.73 Å². The molecule has 0 atom stereocenters. The monoisotopic (exact) mass is 211 g/mol. The molecule has 0 fully saturated rings. The van der Waals surface area contributed by atoms with Crippen molar-refractivity contribution in [2.75, 3.05) is 13.1 Å². The molecule has 0 spiro atoms. The summed E-state index contributed by atoms with van der Waals surface area (Å²) in [7, 11) is 0. The SMILES string of the molecule is CCN(CCC(=N)N)Cc1cccs1. The van der Waals surface area contributed by atoms with E-state index in [0.717, 1.165) is 19.6 Å². The fourth-order valence-corrected chi connectivity index (χ4v) is 2.00. The summed E-state index contributed by atoms with van der Waals surface area (Å²) >= 11 is 1.77. The minimum absolute atomic E-state index is 0.273. The van der Waals surface area contributed by atoms with E-state index in [0.29, 0.717) is 6.42 Å². The molecule has 0 saturated carbocycles. The summed E-state index contributed by atoms with van der Waals surface area (Å²) in [4.78, 5) is 3.67. The Morgan fingerprint density at radius 3 is 2.93 bits per heavy atom. The molecule has 0 aliphatic heterocycles. The minimum Gasteiger partial charge on any atom is -0.388 e. The molecule has 0 aliphatic carbocycles. The van der Waals surface area contributed by atoms with Crippen molar-refractivity contribution in [3.05, 3.63) is 22.4 Å². The van der Waals surface area contributed by atoms with Crippen LogP contribution >= 0.6 is 11.3 Å². The van der Waals surface area contributed by atoms with E-state index in [9.17, 15) is 0 Å². The first-order valence-corrected chi connectivity index (χ1v) is 5.68. The lowest BCUT2D eigenvalue weighted by Crippen LogP contribution is -2.27. The lowest BCUT2D eigenvalue weighted by Gasteiger charge is -2.18. The van der Waals surface area contributed by atoms with Crippen molar-refractivity contribution in [3.8, 4) is 0 Å². The van der Waals surface area contributed by atoms with E-state index in [1.165, 1.54) is 4.88 Å². The van der Waals surface area contributed by atoms with Crippen molar-refractivity contribution in [3.63, 3.8) is 0 Å². The minimum atomic E-state index is 0.273. The topological polar surface area (TPSA) is 53.1 Å². The normalized spacial score (nSPS) is 10.7. The third-order valence-electron chi connectivity index (χ3n) is 2.10. The van der Waals surface area contributed by atoms with Crippen LogP contribution in [0.1, 0.15) is 18.2 Å². The van der Waals surface area contributed by atoms with E-state index >= 15 is 0 Å². The Hall–Kier alpha value is -0.870. The van der Waals surface area contributed by atoms with Crippen LogP contribution in [-0.4, -0.2) is 23.8 Å². The third kappa shape index (κ3) is 3.89. The summed E-state index contributed by atoms with van der Waals surface area (Å²) in [5, 5.41) is 9.26. The molecule has 1 aromatic rings. The van der Waals surface area contributed by atoms with E-state index in [-0.39, 0.29) is 5.84 Å². The molecular weight excluding hydrogens is 194 g/mol. The summed E-state index contributed by atoms with van der Waals surface area (Å²) in [6, 6.07) is 4.21. The molecule has 0 aromatic carbocycles. The highest BCUT2D eigenvalue weighted by Crippen LogP contribution is 2.11. The highest BCUT2D eigenvalue weighted by atomic mass is 32.1. The summed E-state index contributed by atoms with van der Waals surface area (Å²) in [6.07, 6.45) is 0.666. The zero-order chi connectivity index (χ0) is 10.4. The van der Waals surface area contributed by atoms with Gasteiger partial charge >= 0.3 is 0 Å². The van der Waals surface area contributed by atoms with Crippen LogP contribution in [0, 0.1) is 5.41 Å². The zero-order valence-corrected chi connectivity index (χ0v) is 9.31. The maximum absolute atomic E-state index is 7.17. The van der Waals surface area contributed by atoms with Crippen LogP contribution in [0.4, 0.5) is 0 Å². The van der Waals surface area contributed by atoms with Crippen LogP contribution in [-0.2, 0) is 6.54 Å². The van der Waals surface area contributed by atoms with E-state index in [4.69, 9.17) is 11.1 Å². The number of rotatable bonds is 6. The van der Waals surface area contributed by atoms with Crippen LogP contribution in [0.5, 0.6) is 0 Å². The maximum atomic E-state index is 7.17. The second-order valence-corrected chi connectivity index (χ2v) is 4.26. The van der Waals surface area contributed by atoms with Gasteiger partial charge in [-0.25, -0.2) is 0 Å². The lowest BCUT2D eigenvalue weighted by atomic mass is 10.3. The van der Waals surface area contributed by atoms with Crippen LogP contribution in [0.25, 0.3) is 0 Å². The molecule has 0 amide bonds. The Labute approximate surface area is 89.0 Å². The van der Waals surface area contributed by atoms with Crippen molar-refractivity contribution in [2.45, 2.75) is 19.9 Å². The fourth-order valence-electron chi connectivity index (χ4n) is 1.25. The Morgan fingerprint density at radius 2 is 2.43 bits per heavy atom. The van der Waals surface area contributed by atoms with Crippen molar-refractivity contribution in [1.82, 2.24) is 4.90 Å². The molecule has 1 rings (SSSR count). The molecule has 78 valence electrons. The molecule has 0 aliphatic rings. The van der Waals surface area contributed by atoms with Crippen molar-refractivity contribution < 1.29 is 0 Å². The van der Waals surface area contributed by atoms with E-state index in [1.807, 2.05) is 0 Å². The number of amidine groups is 1. The number of nitrogens with one attached hydrogen (secondary N) is 1. The van der Waals surface area contributed by atoms with Gasteiger partial charge in [0, 0.05) is 24.4 Å². The Balaban J connectivity index is 2.35. The molecular formula is C10H17N3S. The maximum Gasteiger partial charge on any atom is 0.0918 e. The average Bonchev–Trinajstić information content (AvgIpc) is 2.64. The first-order chi connectivity index (χ1) is 6.72. The van der Waals surface area contributed by atoms with Crippen LogP contribution in [0.15, 0.2) is 17.5 Å². The first-order valence-electron chi connectivity index (χ1n) is 4.80. The van der Waals surface area contributed by atoms with Gasteiger partial charge in [0.1, 0.15) is 0 Å². The van der Waals surface area contributed by atoms with E-state index < -0.39 is 0 Å². The number of hydrogen-bond donors (Lipinski definition) is 2. The van der Waals surface area contributed by atoms with Crippen LogP contribution in [0.3, 0.4) is 0 Å². The summed E-state index contributed by atoms with van der Waals surface area (Å²) in [5.74, 6) is 0.273. The Kier molecular flexibility index (Phi) is 4.62. The highest BCUT2D eigenvalue weighted by molar-refractivity contribution is 7.09. The van der Waals surface area contributed by atoms with Crippen molar-refractivity contribution in [1.29, 1.82) is 5.41 Å². The van der Waals surface area contributed by atoms with Crippen LogP contribution < -0.4 is 5.73 Å². The first kappa shape index (κ1) is 11.2. The van der Waals surface area contributed by atoms with Gasteiger partial charge in [-0.1, -0.05) is 13.0 Å². The molecule has 1 aromatic heterocycles. The standard InChI is InChI=1S/C10H17N3S/c1-2-13(6-5-10(11)12)8-9-4-3-7-14-9/h3-4,7H,2,5-6,8H2,1H3,(H3,11,12). The molecule has 3 N–H and O–H groups in total. The van der Waals surface area contributed by atoms with Gasteiger partial charge in [-0.2, -0.15) is 0 Å². The smallest absolute Gasteiger partial charge is 0.0918 e. The van der Waals surface area contributed by atoms with Gasteiger partial charge in [-0.3, -0.25) is 10.3 Å². The molecule has 0 unspecified atom stereocenters. The van der Waals surface area contributed by atoms with Gasteiger partial charge in [0.05, 0.1) is 5.84 Å². The molecule has 0 saturated heterocycles. The van der Waals surface area contributed by atoms with Gasteiger partial charge in [0.2, 0.25) is 0 Å². The van der Waals surface area contributed by atoms with Gasteiger partial charge in [0.25, 0.3) is 0 Å². The molecule has 0 bridgehead atoms. The Bertz CT molecular complexity index is 269.